The third-order valence-corrected chi connectivity index (χ3v) is 5.12. The number of thiazole rings is 1. The first-order valence-electron chi connectivity index (χ1n) is 8.64. The summed E-state index contributed by atoms with van der Waals surface area (Å²) in [5, 5.41) is 2.61. The molecule has 0 atom stereocenters. The fourth-order valence-corrected chi connectivity index (χ4v) is 3.58. The number of rotatable bonds is 7. The summed E-state index contributed by atoms with van der Waals surface area (Å²) < 4.78 is 2.97. The lowest BCUT2D eigenvalue weighted by Crippen LogP contribution is -2.54. The maximum atomic E-state index is 12.7. The van der Waals surface area contributed by atoms with Crippen molar-refractivity contribution >= 4 is 11.3 Å². The summed E-state index contributed by atoms with van der Waals surface area (Å²) in [4.78, 5) is 42.3. The summed E-state index contributed by atoms with van der Waals surface area (Å²) >= 11 is 1.44. The van der Waals surface area contributed by atoms with Crippen molar-refractivity contribution in [3.63, 3.8) is 0 Å². The fourth-order valence-electron chi connectivity index (χ4n) is 2.76. The summed E-state index contributed by atoms with van der Waals surface area (Å²) in [5.41, 5.74) is 0.660. The zero-order valence-corrected chi connectivity index (χ0v) is 16.3. The summed E-state index contributed by atoms with van der Waals surface area (Å²) in [6.45, 7) is 9.15. The number of hydrogen-bond donors (Lipinski definition) is 0. The Bertz CT molecular complexity index is 1150. The lowest BCUT2D eigenvalue weighted by atomic mass is 10.2. The molecule has 7 nitrogen and oxygen atoms in total. The highest BCUT2D eigenvalue weighted by Gasteiger charge is 2.15. The largest absolute Gasteiger partial charge is 0.336 e. The average Bonchev–Trinajstić information content (AvgIpc) is 3.15. The highest BCUT2D eigenvalue weighted by atomic mass is 32.1. The van der Waals surface area contributed by atoms with Crippen LogP contribution >= 0.6 is 11.3 Å². The first-order chi connectivity index (χ1) is 13.5. The van der Waals surface area contributed by atoms with Crippen LogP contribution in [0.15, 0.2) is 69.3 Å². The van der Waals surface area contributed by atoms with E-state index in [0.717, 1.165) is 29.8 Å². The predicted octanol–water partition coefficient (Wildman–Crippen LogP) is 2.02. The maximum Gasteiger partial charge on any atom is 0.336 e. The molecule has 3 aromatic rings. The van der Waals surface area contributed by atoms with Crippen molar-refractivity contribution in [3.8, 4) is 10.6 Å². The Kier molecular flexibility index (Phi) is 5.70. The van der Waals surface area contributed by atoms with Crippen LogP contribution in [0.4, 0.5) is 0 Å². The highest BCUT2D eigenvalue weighted by molar-refractivity contribution is 7.13. The molecule has 28 heavy (non-hydrogen) atoms. The molecule has 8 heteroatoms. The van der Waals surface area contributed by atoms with Crippen molar-refractivity contribution in [2.75, 3.05) is 0 Å². The van der Waals surface area contributed by atoms with Crippen LogP contribution < -0.4 is 17.1 Å². The number of nitrogens with zero attached hydrogens (tertiary/aromatic N) is 4. The van der Waals surface area contributed by atoms with Crippen molar-refractivity contribution in [3.05, 3.63) is 97.7 Å². The van der Waals surface area contributed by atoms with E-state index >= 15 is 0 Å². The molecule has 0 aliphatic heterocycles. The van der Waals surface area contributed by atoms with Gasteiger partial charge in [-0.3, -0.25) is 0 Å². The van der Waals surface area contributed by atoms with Crippen molar-refractivity contribution in [1.82, 2.24) is 18.7 Å². The van der Waals surface area contributed by atoms with Gasteiger partial charge in [0.1, 0.15) is 5.01 Å². The van der Waals surface area contributed by atoms with Crippen molar-refractivity contribution in [2.24, 2.45) is 0 Å². The minimum atomic E-state index is -0.680. The maximum absolute atomic E-state index is 12.7. The van der Waals surface area contributed by atoms with Gasteiger partial charge in [-0.2, -0.15) is 0 Å². The molecule has 0 N–H and O–H groups in total. The molecule has 0 fully saturated rings. The monoisotopic (exact) mass is 396 g/mol. The molecule has 1 aromatic carbocycles. The van der Waals surface area contributed by atoms with E-state index < -0.39 is 17.1 Å². The Labute approximate surface area is 165 Å². The van der Waals surface area contributed by atoms with Gasteiger partial charge in [0.2, 0.25) is 0 Å². The minimum Gasteiger partial charge on any atom is -0.247 e. The number of hydrogen-bond acceptors (Lipinski definition) is 5. The third-order valence-electron chi connectivity index (χ3n) is 4.18. The Morgan fingerprint density at radius 3 is 2.00 bits per heavy atom. The molecule has 0 unspecified atom stereocenters. The zero-order chi connectivity index (χ0) is 20.3. The van der Waals surface area contributed by atoms with Gasteiger partial charge >= 0.3 is 17.1 Å². The zero-order valence-electron chi connectivity index (χ0n) is 15.5. The van der Waals surface area contributed by atoms with Crippen LogP contribution in [0.2, 0.25) is 0 Å². The van der Waals surface area contributed by atoms with Gasteiger partial charge in [-0.1, -0.05) is 42.0 Å². The Morgan fingerprint density at radius 1 is 0.929 bits per heavy atom. The average molecular weight is 396 g/mol. The summed E-state index contributed by atoms with van der Waals surface area (Å²) in [5.74, 6) is 0. The van der Waals surface area contributed by atoms with Crippen LogP contribution in [-0.2, 0) is 19.6 Å². The van der Waals surface area contributed by atoms with E-state index in [0.29, 0.717) is 5.69 Å². The van der Waals surface area contributed by atoms with Crippen molar-refractivity contribution < 1.29 is 0 Å². The summed E-state index contributed by atoms with van der Waals surface area (Å²) in [6.07, 6.45) is 2.88. The van der Waals surface area contributed by atoms with Crippen LogP contribution in [-0.4, -0.2) is 18.7 Å². The molecule has 144 valence electrons. The Morgan fingerprint density at radius 2 is 1.46 bits per heavy atom. The van der Waals surface area contributed by atoms with E-state index in [1.165, 1.54) is 23.5 Å². The van der Waals surface area contributed by atoms with E-state index in [2.05, 4.69) is 18.1 Å². The van der Waals surface area contributed by atoms with E-state index in [1.807, 2.05) is 36.6 Å². The van der Waals surface area contributed by atoms with Crippen LogP contribution in [0.1, 0.15) is 11.3 Å². The second-order valence-electron chi connectivity index (χ2n) is 6.24. The van der Waals surface area contributed by atoms with Gasteiger partial charge in [0, 0.05) is 10.9 Å². The lowest BCUT2D eigenvalue weighted by molar-refractivity contribution is 0.496. The molecule has 0 saturated heterocycles. The first kappa shape index (κ1) is 19.5. The smallest absolute Gasteiger partial charge is 0.247 e. The van der Waals surface area contributed by atoms with E-state index in [-0.39, 0.29) is 19.6 Å². The fraction of sp³-hybridized carbons (Fsp3) is 0.200. The molecular formula is C20H20N4O3S. The topological polar surface area (TPSA) is 78.9 Å². The summed E-state index contributed by atoms with van der Waals surface area (Å²) in [7, 11) is 0. The molecule has 0 radical (unpaired) electrons. The van der Waals surface area contributed by atoms with Gasteiger partial charge in [0.25, 0.3) is 0 Å². The normalized spacial score (nSPS) is 10.8. The van der Waals surface area contributed by atoms with Crippen molar-refractivity contribution in [1.29, 1.82) is 0 Å². The van der Waals surface area contributed by atoms with E-state index in [4.69, 9.17) is 0 Å². The van der Waals surface area contributed by atoms with Crippen molar-refractivity contribution in [2.45, 2.75) is 26.6 Å². The van der Waals surface area contributed by atoms with E-state index in [9.17, 15) is 14.4 Å². The minimum absolute atomic E-state index is 0.0147. The van der Waals surface area contributed by atoms with Crippen LogP contribution in [0, 0.1) is 6.92 Å². The number of benzene rings is 1. The predicted molar refractivity (Wildman–Crippen MR) is 111 cm³/mol. The Balaban J connectivity index is 2.05. The number of aromatic nitrogens is 4. The van der Waals surface area contributed by atoms with E-state index in [1.54, 1.807) is 0 Å². The molecule has 2 heterocycles. The highest BCUT2D eigenvalue weighted by Crippen LogP contribution is 2.24. The number of aryl methyl sites for hydroxylation is 1. The van der Waals surface area contributed by atoms with Crippen LogP contribution in [0.25, 0.3) is 10.6 Å². The lowest BCUT2D eigenvalue weighted by Gasteiger charge is -2.11. The second kappa shape index (κ2) is 8.18. The summed E-state index contributed by atoms with van der Waals surface area (Å²) in [6, 6.07) is 7.96. The standard InChI is InChI=1S/C20H20N4O3S/c1-4-10-22-18(25)23(11-5-2)20(27)24(19(22)26)12-16-13-28-17(21-16)15-8-6-14(3)7-9-15/h4-9,13H,1-2,10-12H2,3H3. The molecule has 3 rings (SSSR count). The Hall–Kier alpha value is -3.26. The van der Waals surface area contributed by atoms with Gasteiger partial charge < -0.3 is 0 Å². The van der Waals surface area contributed by atoms with Gasteiger partial charge in [-0.25, -0.2) is 33.1 Å². The number of allylic oxidation sites excluding steroid dienone is 2. The molecule has 0 aliphatic rings. The molecule has 0 aliphatic carbocycles. The second-order valence-corrected chi connectivity index (χ2v) is 7.10. The molecule has 2 aromatic heterocycles. The molecular weight excluding hydrogens is 376 g/mol. The molecule has 0 saturated carbocycles. The first-order valence-corrected chi connectivity index (χ1v) is 9.52. The molecule has 0 amide bonds. The van der Waals surface area contributed by atoms with Gasteiger partial charge in [0.15, 0.2) is 0 Å². The quantitative estimate of drug-likeness (QED) is 0.573. The van der Waals surface area contributed by atoms with Gasteiger partial charge in [0.05, 0.1) is 25.3 Å². The van der Waals surface area contributed by atoms with Crippen LogP contribution in [0.5, 0.6) is 0 Å². The molecule has 0 bridgehead atoms. The SMILES string of the molecule is C=CCn1c(=O)n(CC=C)c(=O)n(Cc2csc(-c3ccc(C)cc3)n2)c1=O. The van der Waals surface area contributed by atoms with Crippen LogP contribution in [0.3, 0.4) is 0 Å². The van der Waals surface area contributed by atoms with Gasteiger partial charge in [-0.05, 0) is 6.92 Å². The molecule has 0 spiro atoms. The third kappa shape index (κ3) is 3.72. The van der Waals surface area contributed by atoms with Gasteiger partial charge in [-0.15, -0.1) is 24.5 Å².